The van der Waals surface area contributed by atoms with Crippen molar-refractivity contribution in [2.75, 3.05) is 0 Å². The quantitative estimate of drug-likeness (QED) is 0.486. The van der Waals surface area contributed by atoms with E-state index in [1.165, 1.54) is 6.07 Å². The van der Waals surface area contributed by atoms with Gasteiger partial charge in [-0.3, -0.25) is 0 Å². The maximum atomic E-state index is 13.7. The van der Waals surface area contributed by atoms with Gasteiger partial charge in [0.15, 0.2) is 0 Å². The summed E-state index contributed by atoms with van der Waals surface area (Å²) >= 11 is 18.9. The average Bonchev–Trinajstić information content (AvgIpc) is 2.37. The first-order valence-corrected chi connectivity index (χ1v) is 7.97. The Morgan fingerprint density at radius 1 is 1.11 bits per heavy atom. The van der Waals surface area contributed by atoms with Crippen LogP contribution in [0.5, 0.6) is 0 Å². The highest BCUT2D eigenvalue weighted by atomic mass is 79.9. The molecule has 0 bridgehead atoms. The molecule has 0 aliphatic carbocycles. The van der Waals surface area contributed by atoms with Gasteiger partial charge in [-0.05, 0) is 52.2 Å². The maximum Gasteiger partial charge on any atom is 0.127 e. The van der Waals surface area contributed by atoms with Gasteiger partial charge in [-0.15, -0.1) is 0 Å². The van der Waals surface area contributed by atoms with Crippen molar-refractivity contribution in [3.05, 3.63) is 67.9 Å². The summed E-state index contributed by atoms with van der Waals surface area (Å²) < 4.78 is 14.5. The minimum absolute atomic E-state index is 0.0320. The molecule has 100 valence electrons. The zero-order chi connectivity index (χ0) is 14.0. The number of hydrogen-bond donors (Lipinski definition) is 0. The molecule has 0 amide bonds. The summed E-state index contributed by atoms with van der Waals surface area (Å²) in [6.07, 6.45) is 0.472. The monoisotopic (exact) mass is 424 g/mol. The molecule has 19 heavy (non-hydrogen) atoms. The lowest BCUT2D eigenvalue weighted by Gasteiger charge is -2.13. The lowest BCUT2D eigenvalue weighted by Crippen LogP contribution is -1.99. The molecule has 0 spiro atoms. The van der Waals surface area contributed by atoms with Crippen molar-refractivity contribution in [2.24, 2.45) is 0 Å². The molecule has 1 atom stereocenters. The maximum absolute atomic E-state index is 13.7. The van der Waals surface area contributed by atoms with Gasteiger partial charge in [0.2, 0.25) is 0 Å². The molecule has 0 saturated heterocycles. The second-order valence-electron chi connectivity index (χ2n) is 4.05. The fraction of sp³-hybridized carbons (Fsp3) is 0.143. The Morgan fingerprint density at radius 3 is 2.47 bits per heavy atom. The number of rotatable bonds is 3. The Hall–Kier alpha value is -0.0900. The summed E-state index contributed by atoms with van der Waals surface area (Å²) in [5.41, 5.74) is 1.52. The molecule has 2 aromatic rings. The van der Waals surface area contributed by atoms with Gasteiger partial charge in [0, 0.05) is 19.9 Å². The number of halogens is 5. The predicted molar refractivity (Wildman–Crippen MR) is 85.9 cm³/mol. The second kappa shape index (κ2) is 6.57. The average molecular weight is 427 g/mol. The molecular formula is C14H9Br2Cl2F. The van der Waals surface area contributed by atoms with Gasteiger partial charge in [0.05, 0.1) is 5.02 Å². The molecule has 0 nitrogen and oxygen atoms in total. The number of benzene rings is 2. The molecule has 5 heteroatoms. The van der Waals surface area contributed by atoms with Crippen LogP contribution in [0.15, 0.2) is 40.9 Å². The van der Waals surface area contributed by atoms with Crippen molar-refractivity contribution in [1.29, 1.82) is 0 Å². The van der Waals surface area contributed by atoms with Crippen LogP contribution in [0.25, 0.3) is 0 Å². The van der Waals surface area contributed by atoms with E-state index in [4.69, 9.17) is 23.2 Å². The van der Waals surface area contributed by atoms with Gasteiger partial charge in [-0.1, -0.05) is 51.3 Å². The molecule has 0 aliphatic rings. The Labute approximate surface area is 138 Å². The Kier molecular flexibility index (Phi) is 5.29. The van der Waals surface area contributed by atoms with E-state index in [1.807, 2.05) is 12.1 Å². The van der Waals surface area contributed by atoms with E-state index in [9.17, 15) is 4.39 Å². The zero-order valence-electron chi connectivity index (χ0n) is 9.64. The van der Waals surface area contributed by atoms with Crippen LogP contribution in [0.4, 0.5) is 4.39 Å². The second-order valence-corrected chi connectivity index (χ2v) is 6.82. The molecule has 2 rings (SSSR count). The third kappa shape index (κ3) is 3.72. The summed E-state index contributed by atoms with van der Waals surface area (Å²) in [5, 5.41) is 1.09. The summed E-state index contributed by atoms with van der Waals surface area (Å²) in [6, 6.07) is 10.3. The smallest absolute Gasteiger partial charge is 0.127 e. The lowest BCUT2D eigenvalue weighted by molar-refractivity contribution is 0.608. The van der Waals surface area contributed by atoms with E-state index >= 15 is 0 Å². The van der Waals surface area contributed by atoms with Crippen LogP contribution in [-0.2, 0) is 6.42 Å². The SMILES string of the molecule is Fc1cccc(Cl)c1CC(Br)c1ccc(Cl)c(Br)c1. The van der Waals surface area contributed by atoms with E-state index in [0.29, 0.717) is 22.0 Å². The molecule has 0 N–H and O–H groups in total. The van der Waals surface area contributed by atoms with E-state index in [2.05, 4.69) is 31.9 Å². The largest absolute Gasteiger partial charge is 0.207 e. The molecule has 1 unspecified atom stereocenters. The van der Waals surface area contributed by atoms with Crippen molar-refractivity contribution in [3.63, 3.8) is 0 Å². The van der Waals surface area contributed by atoms with Gasteiger partial charge in [-0.2, -0.15) is 0 Å². The van der Waals surface area contributed by atoms with Crippen molar-refractivity contribution >= 4 is 55.1 Å². The Morgan fingerprint density at radius 2 is 1.84 bits per heavy atom. The minimum atomic E-state index is -0.287. The van der Waals surface area contributed by atoms with Gasteiger partial charge < -0.3 is 0 Å². The molecule has 0 heterocycles. The number of alkyl halides is 1. The first-order valence-electron chi connectivity index (χ1n) is 5.51. The van der Waals surface area contributed by atoms with Gasteiger partial charge in [-0.25, -0.2) is 4.39 Å². The third-order valence-corrected chi connectivity index (χ3v) is 5.17. The van der Waals surface area contributed by atoms with Crippen molar-refractivity contribution in [1.82, 2.24) is 0 Å². The van der Waals surface area contributed by atoms with Crippen LogP contribution in [0, 0.1) is 5.82 Å². The standard InChI is InChI=1S/C14H9Br2Cl2F/c15-10(8-4-5-13(18)11(16)6-8)7-9-12(17)2-1-3-14(9)19/h1-6,10H,7H2. The fourth-order valence-corrected chi connectivity index (χ4v) is 3.09. The van der Waals surface area contributed by atoms with E-state index in [-0.39, 0.29) is 10.6 Å². The van der Waals surface area contributed by atoms with Crippen LogP contribution >= 0.6 is 55.1 Å². The first kappa shape index (κ1) is 15.3. The highest BCUT2D eigenvalue weighted by Crippen LogP contribution is 2.34. The molecule has 0 radical (unpaired) electrons. The molecule has 0 aliphatic heterocycles. The highest BCUT2D eigenvalue weighted by Gasteiger charge is 2.15. The van der Waals surface area contributed by atoms with Crippen LogP contribution in [0.1, 0.15) is 16.0 Å². The molecule has 0 fully saturated rings. The molecule has 0 saturated carbocycles. The van der Waals surface area contributed by atoms with Gasteiger partial charge >= 0.3 is 0 Å². The normalized spacial score (nSPS) is 12.5. The summed E-state index contributed by atoms with van der Waals surface area (Å²) in [5.74, 6) is -0.287. The highest BCUT2D eigenvalue weighted by molar-refractivity contribution is 9.10. The zero-order valence-corrected chi connectivity index (χ0v) is 14.3. The number of hydrogen-bond acceptors (Lipinski definition) is 0. The lowest BCUT2D eigenvalue weighted by atomic mass is 10.0. The first-order chi connectivity index (χ1) is 8.99. The third-order valence-electron chi connectivity index (χ3n) is 2.75. The topological polar surface area (TPSA) is 0 Å². The van der Waals surface area contributed by atoms with Crippen LogP contribution in [-0.4, -0.2) is 0 Å². The van der Waals surface area contributed by atoms with Crippen LogP contribution in [0.3, 0.4) is 0 Å². The van der Waals surface area contributed by atoms with Gasteiger partial charge in [0.25, 0.3) is 0 Å². The summed E-state index contributed by atoms with van der Waals surface area (Å²) in [4.78, 5) is -0.0320. The van der Waals surface area contributed by atoms with Crippen molar-refractivity contribution in [2.45, 2.75) is 11.2 Å². The van der Waals surface area contributed by atoms with Crippen LogP contribution < -0.4 is 0 Å². The minimum Gasteiger partial charge on any atom is -0.207 e. The summed E-state index contributed by atoms with van der Waals surface area (Å²) in [7, 11) is 0. The predicted octanol–water partition coefficient (Wildman–Crippen LogP) is 6.57. The summed E-state index contributed by atoms with van der Waals surface area (Å²) in [6.45, 7) is 0. The molecule has 2 aromatic carbocycles. The molecular weight excluding hydrogens is 418 g/mol. The van der Waals surface area contributed by atoms with Crippen molar-refractivity contribution in [3.8, 4) is 0 Å². The van der Waals surface area contributed by atoms with E-state index in [0.717, 1.165) is 10.0 Å². The van der Waals surface area contributed by atoms with Crippen LogP contribution in [0.2, 0.25) is 10.0 Å². The van der Waals surface area contributed by atoms with Gasteiger partial charge in [0.1, 0.15) is 5.82 Å². The fourth-order valence-electron chi connectivity index (χ4n) is 1.73. The molecule has 0 aromatic heterocycles. The van der Waals surface area contributed by atoms with Crippen molar-refractivity contribution < 1.29 is 4.39 Å². The van der Waals surface area contributed by atoms with E-state index in [1.54, 1.807) is 18.2 Å². The Balaban J connectivity index is 2.25. The van der Waals surface area contributed by atoms with E-state index < -0.39 is 0 Å². The Bertz CT molecular complexity index is 582.